The lowest BCUT2D eigenvalue weighted by atomic mass is 10.2. The van der Waals surface area contributed by atoms with Crippen LogP contribution in [0.5, 0.6) is 0 Å². The van der Waals surface area contributed by atoms with Crippen LogP contribution >= 0.6 is 0 Å². The average molecular weight is 457 g/mol. The van der Waals surface area contributed by atoms with Crippen molar-refractivity contribution in [2.45, 2.75) is 31.7 Å². The first-order valence-corrected chi connectivity index (χ1v) is 12.1. The summed E-state index contributed by atoms with van der Waals surface area (Å²) in [5.74, 6) is -0.155. The number of nitrogens with zero attached hydrogens (tertiary/aromatic N) is 5. The number of rotatable bonds is 6. The number of benzene rings is 1. The average Bonchev–Trinajstić information content (AvgIpc) is 3.18. The van der Waals surface area contributed by atoms with Gasteiger partial charge in [0.25, 0.3) is 0 Å². The predicted molar refractivity (Wildman–Crippen MR) is 123 cm³/mol. The Balaban J connectivity index is 1.32. The van der Waals surface area contributed by atoms with Crippen LogP contribution in [0.25, 0.3) is 11.0 Å². The van der Waals surface area contributed by atoms with Crippen LogP contribution in [0.15, 0.2) is 47.6 Å². The molecule has 0 spiro atoms. The number of hydrogen-bond acceptors (Lipinski definition) is 6. The van der Waals surface area contributed by atoms with Crippen molar-refractivity contribution in [3.05, 3.63) is 48.3 Å². The molecule has 1 aliphatic heterocycles. The summed E-state index contributed by atoms with van der Waals surface area (Å²) < 4.78 is 29.0. The van der Waals surface area contributed by atoms with Gasteiger partial charge in [0.1, 0.15) is 0 Å². The van der Waals surface area contributed by atoms with E-state index < -0.39 is 10.0 Å². The number of aromatic nitrogens is 3. The van der Waals surface area contributed by atoms with Crippen LogP contribution in [-0.4, -0.2) is 71.0 Å². The topological polar surface area (TPSA) is 100 Å². The minimum Gasteiger partial charge on any atom is -0.324 e. The Kier molecular flexibility index (Phi) is 6.27. The minimum absolute atomic E-state index is 0.155. The summed E-state index contributed by atoms with van der Waals surface area (Å²) >= 11 is 0. The van der Waals surface area contributed by atoms with E-state index in [4.69, 9.17) is 0 Å². The standard InChI is InChI=1S/C22H28N6O3S/c1-16(2)28-22-18(13-24-28)12-19(14-23-22)25-21(29)15-26-8-10-27(11-9-26)32(30,31)20-6-4-17(3)5-7-20/h4-7,12-14,16H,8-11,15H2,1-3H3,(H,25,29). The maximum absolute atomic E-state index is 12.8. The number of fused-ring (bicyclic) bond motifs is 1. The molecule has 10 heteroatoms. The normalized spacial score (nSPS) is 16.0. The Labute approximate surface area is 188 Å². The van der Waals surface area contributed by atoms with Crippen LogP contribution in [0.4, 0.5) is 5.69 Å². The Morgan fingerprint density at radius 2 is 1.78 bits per heavy atom. The number of piperazine rings is 1. The molecule has 170 valence electrons. The van der Waals surface area contributed by atoms with Gasteiger partial charge in [0.05, 0.1) is 29.5 Å². The Morgan fingerprint density at radius 1 is 1.09 bits per heavy atom. The van der Waals surface area contributed by atoms with Gasteiger partial charge in [-0.25, -0.2) is 18.1 Å². The van der Waals surface area contributed by atoms with E-state index in [2.05, 4.69) is 15.4 Å². The van der Waals surface area contributed by atoms with Crippen molar-refractivity contribution >= 4 is 32.7 Å². The fraction of sp³-hybridized carbons (Fsp3) is 0.409. The van der Waals surface area contributed by atoms with Crippen LogP contribution in [0, 0.1) is 6.92 Å². The highest BCUT2D eigenvalue weighted by molar-refractivity contribution is 7.89. The number of pyridine rings is 1. The molecule has 1 aliphatic rings. The first kappa shape index (κ1) is 22.4. The summed E-state index contributed by atoms with van der Waals surface area (Å²) in [5.41, 5.74) is 2.41. The van der Waals surface area contributed by atoms with E-state index in [1.807, 2.05) is 36.4 Å². The monoisotopic (exact) mass is 456 g/mol. The van der Waals surface area contributed by atoms with Crippen molar-refractivity contribution in [2.24, 2.45) is 0 Å². The second-order valence-electron chi connectivity index (χ2n) is 8.36. The summed E-state index contributed by atoms with van der Waals surface area (Å²) in [5, 5.41) is 8.09. The van der Waals surface area contributed by atoms with E-state index in [1.54, 1.807) is 36.7 Å². The highest BCUT2D eigenvalue weighted by Gasteiger charge is 2.29. The van der Waals surface area contributed by atoms with Gasteiger partial charge in [-0.15, -0.1) is 0 Å². The van der Waals surface area contributed by atoms with Crippen molar-refractivity contribution in [1.29, 1.82) is 0 Å². The number of aryl methyl sites for hydroxylation is 1. The molecule has 2 aromatic heterocycles. The molecule has 9 nitrogen and oxygen atoms in total. The fourth-order valence-corrected chi connectivity index (χ4v) is 5.20. The summed E-state index contributed by atoms with van der Waals surface area (Å²) in [4.78, 5) is 19.2. The van der Waals surface area contributed by atoms with Crippen molar-refractivity contribution in [2.75, 3.05) is 38.0 Å². The minimum atomic E-state index is -3.51. The van der Waals surface area contributed by atoms with Gasteiger partial charge in [-0.05, 0) is 39.0 Å². The molecule has 1 saturated heterocycles. The van der Waals surface area contributed by atoms with Gasteiger partial charge >= 0.3 is 0 Å². The van der Waals surface area contributed by atoms with Crippen LogP contribution in [0.2, 0.25) is 0 Å². The van der Waals surface area contributed by atoms with Gasteiger partial charge in [-0.2, -0.15) is 9.40 Å². The maximum Gasteiger partial charge on any atom is 0.243 e. The van der Waals surface area contributed by atoms with Crippen LogP contribution in [0.1, 0.15) is 25.5 Å². The number of hydrogen-bond donors (Lipinski definition) is 1. The van der Waals surface area contributed by atoms with Crippen molar-refractivity contribution in [3.8, 4) is 0 Å². The van der Waals surface area contributed by atoms with Crippen LogP contribution < -0.4 is 5.32 Å². The number of carbonyl (C=O) groups excluding carboxylic acids is 1. The van der Waals surface area contributed by atoms with Crippen molar-refractivity contribution < 1.29 is 13.2 Å². The van der Waals surface area contributed by atoms with Gasteiger partial charge in [0, 0.05) is 37.6 Å². The summed E-state index contributed by atoms with van der Waals surface area (Å²) in [7, 11) is -3.51. The largest absolute Gasteiger partial charge is 0.324 e. The molecular weight excluding hydrogens is 428 g/mol. The van der Waals surface area contributed by atoms with Gasteiger partial charge in [0.15, 0.2) is 5.65 Å². The van der Waals surface area contributed by atoms with E-state index in [0.29, 0.717) is 36.8 Å². The molecule has 0 radical (unpaired) electrons. The molecule has 0 aliphatic carbocycles. The smallest absolute Gasteiger partial charge is 0.243 e. The second-order valence-corrected chi connectivity index (χ2v) is 10.3. The molecule has 3 aromatic rings. The summed E-state index contributed by atoms with van der Waals surface area (Å²) in [6, 6.07) is 8.94. The molecule has 1 amide bonds. The zero-order chi connectivity index (χ0) is 22.9. The lowest BCUT2D eigenvalue weighted by molar-refractivity contribution is -0.117. The van der Waals surface area contributed by atoms with E-state index >= 15 is 0 Å². The number of anilines is 1. The van der Waals surface area contributed by atoms with Crippen molar-refractivity contribution in [1.82, 2.24) is 24.0 Å². The highest BCUT2D eigenvalue weighted by atomic mass is 32.2. The summed E-state index contributed by atoms with van der Waals surface area (Å²) in [6.07, 6.45) is 3.37. The molecule has 0 bridgehead atoms. The Bertz CT molecular complexity index is 1210. The number of carbonyl (C=O) groups is 1. The van der Waals surface area contributed by atoms with Gasteiger partial charge in [-0.1, -0.05) is 17.7 Å². The third-order valence-electron chi connectivity index (χ3n) is 5.56. The van der Waals surface area contributed by atoms with Crippen LogP contribution in [-0.2, 0) is 14.8 Å². The number of nitrogens with one attached hydrogen (secondary N) is 1. The zero-order valence-electron chi connectivity index (χ0n) is 18.5. The first-order chi connectivity index (χ1) is 15.2. The molecule has 3 heterocycles. The molecule has 0 atom stereocenters. The molecule has 32 heavy (non-hydrogen) atoms. The molecule has 0 saturated carbocycles. The van der Waals surface area contributed by atoms with Crippen LogP contribution in [0.3, 0.4) is 0 Å². The molecular formula is C22H28N6O3S. The Hall–Kier alpha value is -2.82. The van der Waals surface area contributed by atoms with E-state index in [9.17, 15) is 13.2 Å². The number of sulfonamides is 1. The molecule has 1 aromatic carbocycles. The molecule has 4 rings (SSSR count). The van der Waals surface area contributed by atoms with Gasteiger partial charge in [-0.3, -0.25) is 9.69 Å². The van der Waals surface area contributed by atoms with Gasteiger partial charge in [0.2, 0.25) is 15.9 Å². The van der Waals surface area contributed by atoms with Gasteiger partial charge < -0.3 is 5.32 Å². The second kappa shape index (κ2) is 8.97. The lowest BCUT2D eigenvalue weighted by Gasteiger charge is -2.33. The molecule has 1 N–H and O–H groups in total. The molecule has 1 fully saturated rings. The van der Waals surface area contributed by atoms with Crippen molar-refractivity contribution in [3.63, 3.8) is 0 Å². The number of amides is 1. The summed E-state index contributed by atoms with van der Waals surface area (Å²) in [6.45, 7) is 7.89. The Morgan fingerprint density at radius 3 is 2.44 bits per heavy atom. The lowest BCUT2D eigenvalue weighted by Crippen LogP contribution is -2.50. The fourth-order valence-electron chi connectivity index (χ4n) is 3.78. The maximum atomic E-state index is 12.8. The highest BCUT2D eigenvalue weighted by Crippen LogP contribution is 2.20. The third kappa shape index (κ3) is 4.67. The first-order valence-electron chi connectivity index (χ1n) is 10.7. The van der Waals surface area contributed by atoms with E-state index in [1.165, 1.54) is 4.31 Å². The predicted octanol–water partition coefficient (Wildman–Crippen LogP) is 2.27. The van der Waals surface area contributed by atoms with E-state index in [-0.39, 0.29) is 18.5 Å². The van der Waals surface area contributed by atoms with E-state index in [0.717, 1.165) is 16.6 Å². The zero-order valence-corrected chi connectivity index (χ0v) is 19.3. The third-order valence-corrected chi connectivity index (χ3v) is 7.48. The molecule has 0 unspecified atom stereocenters. The quantitative estimate of drug-likeness (QED) is 0.611. The SMILES string of the molecule is Cc1ccc(S(=O)(=O)N2CCN(CC(=O)Nc3cnc4c(cnn4C(C)C)c3)CC2)cc1.